The SMILES string of the molecule is CC(C)N(CC(N)=O)c1cc([C@H](C)O)ccn1. The van der Waals surface area contributed by atoms with Gasteiger partial charge in [-0.25, -0.2) is 4.98 Å². The first kappa shape index (κ1) is 13.4. The number of pyridine rings is 1. The number of carbonyl (C=O) groups is 1. The maximum Gasteiger partial charge on any atom is 0.237 e. The Labute approximate surface area is 101 Å². The Morgan fingerprint density at radius 3 is 2.65 bits per heavy atom. The second-order valence-electron chi connectivity index (χ2n) is 4.31. The molecule has 0 unspecified atom stereocenters. The third kappa shape index (κ3) is 3.71. The van der Waals surface area contributed by atoms with Crippen molar-refractivity contribution in [1.82, 2.24) is 4.98 Å². The molecule has 0 radical (unpaired) electrons. The van der Waals surface area contributed by atoms with Crippen LogP contribution < -0.4 is 10.6 Å². The minimum absolute atomic E-state index is 0.110. The molecule has 0 fully saturated rings. The first-order valence-corrected chi connectivity index (χ1v) is 5.60. The largest absolute Gasteiger partial charge is 0.389 e. The van der Waals surface area contributed by atoms with E-state index in [4.69, 9.17) is 5.73 Å². The highest BCUT2D eigenvalue weighted by atomic mass is 16.3. The number of amides is 1. The van der Waals surface area contributed by atoms with Gasteiger partial charge in [0.1, 0.15) is 5.82 Å². The van der Waals surface area contributed by atoms with Gasteiger partial charge in [0.15, 0.2) is 0 Å². The molecule has 0 aromatic carbocycles. The van der Waals surface area contributed by atoms with E-state index in [0.29, 0.717) is 5.82 Å². The summed E-state index contributed by atoms with van der Waals surface area (Å²) in [5, 5.41) is 9.51. The van der Waals surface area contributed by atoms with E-state index in [1.807, 2.05) is 13.8 Å². The van der Waals surface area contributed by atoms with Crippen LogP contribution in [0.3, 0.4) is 0 Å². The molecule has 5 nitrogen and oxygen atoms in total. The topological polar surface area (TPSA) is 79.5 Å². The molecule has 5 heteroatoms. The number of carbonyl (C=O) groups excluding carboxylic acids is 1. The summed E-state index contributed by atoms with van der Waals surface area (Å²) in [6.45, 7) is 5.72. The van der Waals surface area contributed by atoms with Crippen LogP contribution in [-0.4, -0.2) is 28.6 Å². The van der Waals surface area contributed by atoms with Crippen molar-refractivity contribution in [1.29, 1.82) is 0 Å². The van der Waals surface area contributed by atoms with Crippen LogP contribution >= 0.6 is 0 Å². The van der Waals surface area contributed by atoms with Gasteiger partial charge in [0.25, 0.3) is 0 Å². The molecule has 1 amide bonds. The van der Waals surface area contributed by atoms with E-state index in [1.165, 1.54) is 0 Å². The fourth-order valence-corrected chi connectivity index (χ4v) is 1.55. The fraction of sp³-hybridized carbons (Fsp3) is 0.500. The molecular weight excluding hydrogens is 218 g/mol. The van der Waals surface area contributed by atoms with Gasteiger partial charge < -0.3 is 15.7 Å². The molecule has 94 valence electrons. The highest BCUT2D eigenvalue weighted by molar-refractivity contribution is 5.79. The van der Waals surface area contributed by atoms with Crippen LogP contribution in [0.5, 0.6) is 0 Å². The van der Waals surface area contributed by atoms with Crippen LogP contribution in [0.15, 0.2) is 18.3 Å². The van der Waals surface area contributed by atoms with Gasteiger partial charge in [0.05, 0.1) is 12.6 Å². The van der Waals surface area contributed by atoms with E-state index < -0.39 is 12.0 Å². The van der Waals surface area contributed by atoms with Crippen molar-refractivity contribution in [2.24, 2.45) is 5.73 Å². The maximum absolute atomic E-state index is 11.0. The van der Waals surface area contributed by atoms with Gasteiger partial charge in [-0.3, -0.25) is 4.79 Å². The van der Waals surface area contributed by atoms with Crippen molar-refractivity contribution in [3.8, 4) is 0 Å². The summed E-state index contributed by atoms with van der Waals surface area (Å²) in [6, 6.07) is 3.63. The molecule has 1 heterocycles. The van der Waals surface area contributed by atoms with Crippen LogP contribution in [0, 0.1) is 0 Å². The molecule has 0 aliphatic rings. The zero-order valence-corrected chi connectivity index (χ0v) is 10.4. The molecule has 1 aromatic rings. The Morgan fingerprint density at radius 2 is 2.18 bits per heavy atom. The Bertz CT molecular complexity index is 391. The first-order valence-electron chi connectivity index (χ1n) is 5.60. The minimum atomic E-state index is -0.556. The van der Waals surface area contributed by atoms with Crippen LogP contribution in [0.4, 0.5) is 5.82 Å². The van der Waals surface area contributed by atoms with E-state index in [1.54, 1.807) is 30.2 Å². The summed E-state index contributed by atoms with van der Waals surface area (Å²) < 4.78 is 0. The summed E-state index contributed by atoms with van der Waals surface area (Å²) in [7, 11) is 0. The molecule has 0 aliphatic heterocycles. The highest BCUT2D eigenvalue weighted by Crippen LogP contribution is 2.19. The van der Waals surface area contributed by atoms with Crippen LogP contribution in [-0.2, 0) is 4.79 Å². The third-order valence-electron chi connectivity index (χ3n) is 2.50. The Balaban J connectivity index is 3.01. The molecule has 1 atom stereocenters. The number of hydrogen-bond donors (Lipinski definition) is 2. The second kappa shape index (κ2) is 5.63. The molecule has 17 heavy (non-hydrogen) atoms. The minimum Gasteiger partial charge on any atom is -0.389 e. The number of aromatic nitrogens is 1. The number of hydrogen-bond acceptors (Lipinski definition) is 4. The predicted molar refractivity (Wildman–Crippen MR) is 66.5 cm³/mol. The molecule has 0 bridgehead atoms. The van der Waals surface area contributed by atoms with Gasteiger partial charge in [0.2, 0.25) is 5.91 Å². The number of nitrogens with two attached hydrogens (primary N) is 1. The lowest BCUT2D eigenvalue weighted by molar-refractivity contribution is -0.116. The molecule has 0 aliphatic carbocycles. The van der Waals surface area contributed by atoms with E-state index in [9.17, 15) is 9.90 Å². The number of aliphatic hydroxyl groups is 1. The third-order valence-corrected chi connectivity index (χ3v) is 2.50. The van der Waals surface area contributed by atoms with Crippen LogP contribution in [0.2, 0.25) is 0 Å². The Hall–Kier alpha value is -1.62. The quantitative estimate of drug-likeness (QED) is 0.795. The Morgan fingerprint density at radius 1 is 1.53 bits per heavy atom. The van der Waals surface area contributed by atoms with Crippen molar-refractivity contribution >= 4 is 11.7 Å². The lowest BCUT2D eigenvalue weighted by Crippen LogP contribution is -2.39. The van der Waals surface area contributed by atoms with Crippen LogP contribution in [0.25, 0.3) is 0 Å². The molecule has 1 aromatic heterocycles. The van der Waals surface area contributed by atoms with Gasteiger partial charge in [-0.1, -0.05) is 0 Å². The lowest BCUT2D eigenvalue weighted by atomic mass is 10.1. The zero-order valence-electron chi connectivity index (χ0n) is 10.4. The van der Waals surface area contributed by atoms with Crippen molar-refractivity contribution in [3.63, 3.8) is 0 Å². The van der Waals surface area contributed by atoms with E-state index in [2.05, 4.69) is 4.98 Å². The van der Waals surface area contributed by atoms with Gasteiger partial charge in [-0.2, -0.15) is 0 Å². The molecule has 0 saturated heterocycles. The standard InChI is InChI=1S/C12H19N3O2/c1-8(2)15(7-11(13)17)12-6-10(9(3)16)4-5-14-12/h4-6,8-9,16H,7H2,1-3H3,(H2,13,17)/t9-/m0/s1. The highest BCUT2D eigenvalue weighted by Gasteiger charge is 2.15. The van der Waals surface area contributed by atoms with Crippen molar-refractivity contribution in [2.45, 2.75) is 32.9 Å². The lowest BCUT2D eigenvalue weighted by Gasteiger charge is -2.26. The van der Waals surface area contributed by atoms with Gasteiger partial charge in [0, 0.05) is 12.2 Å². The number of rotatable bonds is 5. The van der Waals surface area contributed by atoms with Crippen molar-refractivity contribution in [2.75, 3.05) is 11.4 Å². The molecular formula is C12H19N3O2. The first-order chi connectivity index (χ1) is 7.91. The average molecular weight is 237 g/mol. The monoisotopic (exact) mass is 237 g/mol. The van der Waals surface area contributed by atoms with Gasteiger partial charge >= 0.3 is 0 Å². The van der Waals surface area contributed by atoms with E-state index in [-0.39, 0.29) is 12.6 Å². The summed E-state index contributed by atoms with van der Waals surface area (Å²) in [4.78, 5) is 17.0. The van der Waals surface area contributed by atoms with Crippen molar-refractivity contribution < 1.29 is 9.90 Å². The Kier molecular flexibility index (Phi) is 4.45. The summed E-state index contributed by atoms with van der Waals surface area (Å²) >= 11 is 0. The zero-order chi connectivity index (χ0) is 13.0. The molecule has 0 saturated carbocycles. The van der Waals surface area contributed by atoms with Gasteiger partial charge in [-0.15, -0.1) is 0 Å². The number of nitrogens with zero attached hydrogens (tertiary/aromatic N) is 2. The number of aliphatic hydroxyl groups excluding tert-OH is 1. The smallest absolute Gasteiger partial charge is 0.237 e. The number of anilines is 1. The summed E-state index contributed by atoms with van der Waals surface area (Å²) in [6.07, 6.45) is 1.06. The van der Waals surface area contributed by atoms with E-state index >= 15 is 0 Å². The summed E-state index contributed by atoms with van der Waals surface area (Å²) in [5.41, 5.74) is 5.98. The van der Waals surface area contributed by atoms with Gasteiger partial charge in [-0.05, 0) is 38.5 Å². The van der Waals surface area contributed by atoms with E-state index in [0.717, 1.165) is 5.56 Å². The second-order valence-corrected chi connectivity index (χ2v) is 4.31. The van der Waals surface area contributed by atoms with Crippen molar-refractivity contribution in [3.05, 3.63) is 23.9 Å². The molecule has 1 rings (SSSR count). The predicted octanol–water partition coefficient (Wildman–Crippen LogP) is 0.835. The maximum atomic E-state index is 11.0. The normalized spacial score (nSPS) is 12.5. The number of primary amides is 1. The average Bonchev–Trinajstić information content (AvgIpc) is 2.25. The molecule has 3 N–H and O–H groups in total. The summed E-state index contributed by atoms with van der Waals surface area (Å²) in [5.74, 6) is 0.250. The fourth-order valence-electron chi connectivity index (χ4n) is 1.55. The molecule has 0 spiro atoms. The van der Waals surface area contributed by atoms with Crippen LogP contribution in [0.1, 0.15) is 32.4 Å².